The minimum absolute atomic E-state index is 0.0471. The first-order valence-electron chi connectivity index (χ1n) is 10.7. The van der Waals surface area contributed by atoms with Gasteiger partial charge in [-0.1, -0.05) is 12.1 Å². The van der Waals surface area contributed by atoms with Gasteiger partial charge in [-0.05, 0) is 43.5 Å². The van der Waals surface area contributed by atoms with E-state index in [0.29, 0.717) is 29.3 Å². The maximum absolute atomic E-state index is 13.1. The number of para-hydroxylation sites is 1. The molecule has 0 aliphatic carbocycles. The van der Waals surface area contributed by atoms with Crippen LogP contribution in [0.3, 0.4) is 0 Å². The summed E-state index contributed by atoms with van der Waals surface area (Å²) in [5.74, 6) is 0.693. The van der Waals surface area contributed by atoms with E-state index < -0.39 is 6.04 Å². The van der Waals surface area contributed by atoms with E-state index in [4.69, 9.17) is 9.47 Å². The molecule has 2 heterocycles. The molecule has 2 aromatic carbocycles. The Morgan fingerprint density at radius 2 is 1.94 bits per heavy atom. The second kappa shape index (κ2) is 9.30. The molecule has 1 fully saturated rings. The highest BCUT2D eigenvalue weighted by Crippen LogP contribution is 2.39. The van der Waals surface area contributed by atoms with Crippen LogP contribution in [0.5, 0.6) is 11.5 Å². The van der Waals surface area contributed by atoms with Gasteiger partial charge < -0.3 is 25.0 Å². The maximum Gasteiger partial charge on any atom is 0.254 e. The highest BCUT2D eigenvalue weighted by molar-refractivity contribution is 6.09. The predicted octanol–water partition coefficient (Wildman–Crippen LogP) is 2.90. The van der Waals surface area contributed by atoms with Gasteiger partial charge in [-0.15, -0.1) is 0 Å². The molecule has 0 spiro atoms. The second-order valence-corrected chi connectivity index (χ2v) is 7.95. The molecular weight excluding hydrogens is 410 g/mol. The number of nitrogens with zero attached hydrogens (tertiary/aromatic N) is 1. The third-order valence-electron chi connectivity index (χ3n) is 6.07. The highest BCUT2D eigenvalue weighted by Gasteiger charge is 2.33. The Labute approximate surface area is 186 Å². The molecule has 8 nitrogen and oxygen atoms in total. The van der Waals surface area contributed by atoms with Gasteiger partial charge >= 0.3 is 0 Å². The van der Waals surface area contributed by atoms with Gasteiger partial charge in [-0.3, -0.25) is 14.4 Å². The van der Waals surface area contributed by atoms with E-state index in [0.717, 1.165) is 18.4 Å². The molecule has 2 aromatic rings. The second-order valence-electron chi connectivity index (χ2n) is 7.95. The number of methoxy groups -OCH3 is 2. The number of ether oxygens (including phenoxy) is 2. The molecule has 2 aliphatic heterocycles. The van der Waals surface area contributed by atoms with Crippen molar-refractivity contribution in [1.29, 1.82) is 0 Å². The molecule has 2 atom stereocenters. The molecular formula is C24H27N3O5. The SMILES string of the molecule is COc1ccc(C2CCCN2C(=O)CC[C@@H]2NC(=O)c3ccccc3NC2=O)c(OC)c1. The molecule has 32 heavy (non-hydrogen) atoms. The number of nitrogens with one attached hydrogen (secondary N) is 2. The minimum atomic E-state index is -0.768. The first-order valence-corrected chi connectivity index (χ1v) is 10.7. The number of carbonyl (C=O) groups excluding carboxylic acids is 3. The van der Waals surface area contributed by atoms with Crippen molar-refractivity contribution in [3.8, 4) is 11.5 Å². The molecule has 2 aliphatic rings. The number of fused-ring (bicyclic) bond motifs is 1. The zero-order valence-corrected chi connectivity index (χ0v) is 18.2. The molecule has 4 rings (SSSR count). The van der Waals surface area contributed by atoms with E-state index in [2.05, 4.69) is 10.6 Å². The fraction of sp³-hybridized carbons (Fsp3) is 0.375. The summed E-state index contributed by atoms with van der Waals surface area (Å²) >= 11 is 0. The van der Waals surface area contributed by atoms with Crippen LogP contribution in [-0.4, -0.2) is 49.4 Å². The number of amides is 3. The molecule has 1 unspecified atom stereocenters. The molecule has 1 saturated heterocycles. The minimum Gasteiger partial charge on any atom is -0.497 e. The van der Waals surface area contributed by atoms with Crippen LogP contribution in [0.15, 0.2) is 42.5 Å². The van der Waals surface area contributed by atoms with Gasteiger partial charge in [0.05, 0.1) is 31.5 Å². The summed E-state index contributed by atoms with van der Waals surface area (Å²) < 4.78 is 10.8. The number of hydrogen-bond acceptors (Lipinski definition) is 5. The van der Waals surface area contributed by atoms with Gasteiger partial charge in [0.1, 0.15) is 17.5 Å². The van der Waals surface area contributed by atoms with Crippen molar-refractivity contribution in [3.05, 3.63) is 53.6 Å². The fourth-order valence-corrected chi connectivity index (χ4v) is 4.41. The third-order valence-corrected chi connectivity index (χ3v) is 6.07. The Kier molecular flexibility index (Phi) is 6.30. The Hall–Kier alpha value is -3.55. The fourth-order valence-electron chi connectivity index (χ4n) is 4.41. The van der Waals surface area contributed by atoms with Crippen molar-refractivity contribution in [3.63, 3.8) is 0 Å². The standard InChI is InChI=1S/C24H27N3O5/c1-31-15-9-10-17(21(14-15)32-2)20-8-5-13-27(20)22(28)12-11-19-24(30)25-18-7-4-3-6-16(18)23(29)26-19/h3-4,6-7,9-10,14,19-20H,5,8,11-13H2,1-2H3,(H,25,30)(H,26,29)/t19-,20?/m0/s1. The van der Waals surface area contributed by atoms with Crippen molar-refractivity contribution < 1.29 is 23.9 Å². The van der Waals surface area contributed by atoms with E-state index in [1.807, 2.05) is 23.1 Å². The van der Waals surface area contributed by atoms with Crippen molar-refractivity contribution in [1.82, 2.24) is 10.2 Å². The summed E-state index contributed by atoms with van der Waals surface area (Å²) in [6.07, 6.45) is 2.11. The number of hydrogen-bond donors (Lipinski definition) is 2. The topological polar surface area (TPSA) is 97.0 Å². The quantitative estimate of drug-likeness (QED) is 0.724. The van der Waals surface area contributed by atoms with Crippen molar-refractivity contribution in [2.45, 2.75) is 37.8 Å². The Morgan fingerprint density at radius 3 is 2.72 bits per heavy atom. The number of benzene rings is 2. The number of rotatable bonds is 6. The van der Waals surface area contributed by atoms with Crippen LogP contribution >= 0.6 is 0 Å². The van der Waals surface area contributed by atoms with Crippen molar-refractivity contribution in [2.75, 3.05) is 26.1 Å². The lowest BCUT2D eigenvalue weighted by molar-refractivity contribution is -0.132. The normalized spacial score (nSPS) is 20.1. The summed E-state index contributed by atoms with van der Waals surface area (Å²) in [6.45, 7) is 0.646. The summed E-state index contributed by atoms with van der Waals surface area (Å²) in [6, 6.07) is 11.6. The van der Waals surface area contributed by atoms with Crippen LogP contribution < -0.4 is 20.1 Å². The third kappa shape index (κ3) is 4.26. The monoisotopic (exact) mass is 437 g/mol. The Bertz CT molecular complexity index is 1040. The van der Waals surface area contributed by atoms with E-state index in [-0.39, 0.29) is 36.6 Å². The average molecular weight is 437 g/mol. The smallest absolute Gasteiger partial charge is 0.254 e. The van der Waals surface area contributed by atoms with Crippen LogP contribution in [-0.2, 0) is 9.59 Å². The molecule has 168 valence electrons. The summed E-state index contributed by atoms with van der Waals surface area (Å²) in [5.41, 5.74) is 1.84. The van der Waals surface area contributed by atoms with Crippen LogP contribution in [0.1, 0.15) is 47.6 Å². The van der Waals surface area contributed by atoms with E-state index >= 15 is 0 Å². The molecule has 2 N–H and O–H groups in total. The van der Waals surface area contributed by atoms with Crippen LogP contribution in [0.25, 0.3) is 0 Å². The first kappa shape index (κ1) is 21.7. The number of likely N-dealkylation sites (tertiary alicyclic amines) is 1. The van der Waals surface area contributed by atoms with E-state index in [9.17, 15) is 14.4 Å². The van der Waals surface area contributed by atoms with Crippen LogP contribution in [0, 0.1) is 0 Å². The molecule has 8 heteroatoms. The first-order chi connectivity index (χ1) is 15.5. The number of carbonyl (C=O) groups is 3. The molecule has 0 radical (unpaired) electrons. The number of anilines is 1. The van der Waals surface area contributed by atoms with Crippen molar-refractivity contribution >= 4 is 23.4 Å². The van der Waals surface area contributed by atoms with Gasteiger partial charge in [0, 0.05) is 24.6 Å². The Morgan fingerprint density at radius 1 is 1.12 bits per heavy atom. The molecule has 0 bridgehead atoms. The predicted molar refractivity (Wildman–Crippen MR) is 119 cm³/mol. The lowest BCUT2D eigenvalue weighted by atomic mass is 10.0. The largest absolute Gasteiger partial charge is 0.497 e. The summed E-state index contributed by atoms with van der Waals surface area (Å²) in [4.78, 5) is 40.1. The van der Waals surface area contributed by atoms with Gasteiger partial charge in [-0.2, -0.15) is 0 Å². The summed E-state index contributed by atoms with van der Waals surface area (Å²) in [5, 5.41) is 5.53. The van der Waals surface area contributed by atoms with Gasteiger partial charge in [-0.25, -0.2) is 0 Å². The maximum atomic E-state index is 13.1. The van der Waals surface area contributed by atoms with Gasteiger partial charge in [0.25, 0.3) is 5.91 Å². The highest BCUT2D eigenvalue weighted by atomic mass is 16.5. The Balaban J connectivity index is 1.44. The lowest BCUT2D eigenvalue weighted by Gasteiger charge is -2.27. The van der Waals surface area contributed by atoms with Crippen LogP contribution in [0.2, 0.25) is 0 Å². The van der Waals surface area contributed by atoms with Crippen LogP contribution in [0.4, 0.5) is 5.69 Å². The molecule has 3 amide bonds. The molecule has 0 aromatic heterocycles. The summed E-state index contributed by atoms with van der Waals surface area (Å²) in [7, 11) is 3.20. The zero-order chi connectivity index (χ0) is 22.7. The average Bonchev–Trinajstić information content (AvgIpc) is 3.26. The van der Waals surface area contributed by atoms with Gasteiger partial charge in [0.15, 0.2) is 0 Å². The van der Waals surface area contributed by atoms with Gasteiger partial charge in [0.2, 0.25) is 11.8 Å². The molecule has 0 saturated carbocycles. The zero-order valence-electron chi connectivity index (χ0n) is 18.2. The van der Waals surface area contributed by atoms with Crippen molar-refractivity contribution in [2.24, 2.45) is 0 Å². The van der Waals surface area contributed by atoms with E-state index in [1.165, 1.54) is 0 Å². The lowest BCUT2D eigenvalue weighted by Crippen LogP contribution is -2.42. The van der Waals surface area contributed by atoms with E-state index in [1.54, 1.807) is 38.5 Å².